The minimum Gasteiger partial charge on any atom is -0.444 e. The fourth-order valence-corrected chi connectivity index (χ4v) is 4.54. The third kappa shape index (κ3) is 4.53. The number of carbonyl (C=O) groups excluding carboxylic acids is 2. The highest BCUT2D eigenvalue weighted by Crippen LogP contribution is 2.46. The molecule has 2 aromatic rings. The van der Waals surface area contributed by atoms with Gasteiger partial charge in [-0.3, -0.25) is 5.32 Å². The zero-order chi connectivity index (χ0) is 22.1. The van der Waals surface area contributed by atoms with Crippen molar-refractivity contribution in [3.63, 3.8) is 0 Å². The quantitative estimate of drug-likeness (QED) is 0.706. The molecular weight excluding hydrogens is 392 g/mol. The molecule has 164 valence electrons. The van der Waals surface area contributed by atoms with Gasteiger partial charge in [0.1, 0.15) is 5.60 Å². The third-order valence-corrected chi connectivity index (χ3v) is 5.95. The molecule has 1 saturated heterocycles. The summed E-state index contributed by atoms with van der Waals surface area (Å²) in [6, 6.07) is 17.8. The molecule has 31 heavy (non-hydrogen) atoms. The van der Waals surface area contributed by atoms with Gasteiger partial charge in [-0.25, -0.2) is 9.59 Å². The lowest BCUT2D eigenvalue weighted by Crippen LogP contribution is -2.45. The number of hydrogen-bond acceptors (Lipinski definition) is 4. The number of nitrogens with zero attached hydrogens (tertiary/aromatic N) is 1. The standard InChI is InChI=1S/C25H30N2O4/c1-24(2,3)31-23(29)27-15-13-18(14-16-27)17-25(19-9-5-4-6-10-19)20-11-7-8-12-21(20)26-22(28)30-25/h4-12,18H,13-17H2,1-3H3,(H,26,28). The van der Waals surface area contributed by atoms with Crippen LogP contribution in [0.3, 0.4) is 0 Å². The maximum absolute atomic E-state index is 12.5. The molecule has 0 saturated carbocycles. The van der Waals surface area contributed by atoms with Crippen LogP contribution in [0.1, 0.15) is 51.2 Å². The summed E-state index contributed by atoms with van der Waals surface area (Å²) in [5.74, 6) is 0.304. The maximum atomic E-state index is 12.5. The number of para-hydroxylation sites is 1. The molecule has 1 atom stereocenters. The highest BCUT2D eigenvalue weighted by molar-refractivity contribution is 5.89. The minimum absolute atomic E-state index is 0.262. The van der Waals surface area contributed by atoms with Crippen LogP contribution in [0.5, 0.6) is 0 Å². The van der Waals surface area contributed by atoms with Crippen LogP contribution < -0.4 is 5.32 Å². The van der Waals surface area contributed by atoms with Crippen LogP contribution in [0, 0.1) is 5.92 Å². The zero-order valence-electron chi connectivity index (χ0n) is 18.4. The Morgan fingerprint density at radius 2 is 1.74 bits per heavy atom. The van der Waals surface area contributed by atoms with Gasteiger partial charge in [-0.05, 0) is 52.0 Å². The van der Waals surface area contributed by atoms with Crippen LogP contribution >= 0.6 is 0 Å². The molecule has 0 spiro atoms. The number of cyclic esters (lactones) is 1. The highest BCUT2D eigenvalue weighted by Gasteiger charge is 2.45. The summed E-state index contributed by atoms with van der Waals surface area (Å²) in [7, 11) is 0. The second-order valence-electron chi connectivity index (χ2n) is 9.37. The van der Waals surface area contributed by atoms with Crippen LogP contribution in [0.2, 0.25) is 0 Å². The van der Waals surface area contributed by atoms with Crippen molar-refractivity contribution in [3.05, 3.63) is 65.7 Å². The molecule has 0 bridgehead atoms. The number of nitrogens with one attached hydrogen (secondary N) is 1. The lowest BCUT2D eigenvalue weighted by Gasteiger charge is -2.42. The van der Waals surface area contributed by atoms with E-state index in [2.05, 4.69) is 5.32 Å². The van der Waals surface area contributed by atoms with Crippen LogP contribution in [0.15, 0.2) is 54.6 Å². The molecule has 1 N–H and O–H groups in total. The molecule has 0 radical (unpaired) electrons. The largest absolute Gasteiger partial charge is 0.444 e. The second-order valence-corrected chi connectivity index (χ2v) is 9.37. The Kier molecular flexibility index (Phi) is 5.65. The van der Waals surface area contributed by atoms with Gasteiger partial charge in [0.2, 0.25) is 0 Å². The van der Waals surface area contributed by atoms with E-state index in [9.17, 15) is 9.59 Å². The summed E-state index contributed by atoms with van der Waals surface area (Å²) in [5.41, 5.74) is 1.37. The van der Waals surface area contributed by atoms with Crippen molar-refractivity contribution in [2.75, 3.05) is 18.4 Å². The van der Waals surface area contributed by atoms with E-state index in [4.69, 9.17) is 9.47 Å². The topological polar surface area (TPSA) is 67.9 Å². The second kappa shape index (κ2) is 8.25. The molecule has 0 aromatic heterocycles. The number of piperidine rings is 1. The Balaban J connectivity index is 1.58. The SMILES string of the molecule is CC(C)(C)OC(=O)N1CCC(CC2(c3ccccc3)OC(=O)Nc3ccccc32)CC1. The van der Waals surface area contributed by atoms with Gasteiger partial charge in [-0.2, -0.15) is 0 Å². The van der Waals surface area contributed by atoms with Gasteiger partial charge < -0.3 is 14.4 Å². The van der Waals surface area contributed by atoms with E-state index in [-0.39, 0.29) is 6.09 Å². The average Bonchev–Trinajstić information content (AvgIpc) is 2.73. The zero-order valence-corrected chi connectivity index (χ0v) is 18.4. The smallest absolute Gasteiger partial charge is 0.412 e. The molecule has 6 nitrogen and oxygen atoms in total. The minimum atomic E-state index is -0.848. The lowest BCUT2D eigenvalue weighted by atomic mass is 9.75. The normalized spacial score (nSPS) is 21.6. The van der Waals surface area contributed by atoms with Gasteiger partial charge in [0.25, 0.3) is 0 Å². The molecule has 0 aliphatic carbocycles. The van der Waals surface area contributed by atoms with Gasteiger partial charge >= 0.3 is 12.2 Å². The number of likely N-dealkylation sites (tertiary alicyclic amines) is 1. The molecule has 2 aliphatic rings. The molecule has 4 rings (SSSR count). The predicted octanol–water partition coefficient (Wildman–Crippen LogP) is 5.53. The van der Waals surface area contributed by atoms with Gasteiger partial charge in [-0.1, -0.05) is 48.5 Å². The first-order valence-corrected chi connectivity index (χ1v) is 10.9. The van der Waals surface area contributed by atoms with Gasteiger partial charge in [-0.15, -0.1) is 0 Å². The molecule has 2 aromatic carbocycles. The molecule has 2 heterocycles. The number of anilines is 1. The summed E-state index contributed by atoms with van der Waals surface area (Å²) >= 11 is 0. The van der Waals surface area contributed by atoms with Crippen LogP contribution in [0.4, 0.5) is 15.3 Å². The Labute approximate surface area is 183 Å². The summed E-state index contributed by atoms with van der Waals surface area (Å²) in [5, 5.41) is 2.83. The molecule has 2 aliphatic heterocycles. The highest BCUT2D eigenvalue weighted by atomic mass is 16.6. The van der Waals surface area contributed by atoms with E-state index in [1.54, 1.807) is 4.90 Å². The number of benzene rings is 2. The van der Waals surface area contributed by atoms with E-state index >= 15 is 0 Å². The summed E-state index contributed by atoms with van der Waals surface area (Å²) < 4.78 is 11.6. The molecule has 1 unspecified atom stereocenters. The average molecular weight is 423 g/mol. The third-order valence-electron chi connectivity index (χ3n) is 5.95. The fraction of sp³-hybridized carbons (Fsp3) is 0.440. The Bertz CT molecular complexity index is 945. The van der Waals surface area contributed by atoms with Crippen molar-refractivity contribution in [2.45, 2.75) is 51.2 Å². The fourth-order valence-electron chi connectivity index (χ4n) is 4.54. The Hall–Kier alpha value is -3.02. The number of rotatable bonds is 3. The first-order chi connectivity index (χ1) is 14.8. The summed E-state index contributed by atoms with van der Waals surface area (Å²) in [6.07, 6.45) is 1.64. The first kappa shape index (κ1) is 21.2. The monoisotopic (exact) mass is 422 g/mol. The van der Waals surface area contributed by atoms with E-state index in [0.29, 0.717) is 25.4 Å². The van der Waals surface area contributed by atoms with Gasteiger partial charge in [0.05, 0.1) is 5.69 Å². The van der Waals surface area contributed by atoms with Gasteiger partial charge in [0, 0.05) is 24.2 Å². The number of carbonyl (C=O) groups is 2. The van der Waals surface area contributed by atoms with Crippen molar-refractivity contribution in [1.29, 1.82) is 0 Å². The van der Waals surface area contributed by atoms with E-state index in [1.807, 2.05) is 75.4 Å². The Morgan fingerprint density at radius 1 is 1.10 bits per heavy atom. The van der Waals surface area contributed by atoms with Crippen molar-refractivity contribution < 1.29 is 19.1 Å². The Morgan fingerprint density at radius 3 is 2.42 bits per heavy atom. The molecule has 1 fully saturated rings. The molecular formula is C25H30N2O4. The van der Waals surface area contributed by atoms with Gasteiger partial charge in [0.15, 0.2) is 5.60 Å². The van der Waals surface area contributed by atoms with E-state index in [1.165, 1.54) is 0 Å². The van der Waals surface area contributed by atoms with Crippen molar-refractivity contribution in [2.24, 2.45) is 5.92 Å². The first-order valence-electron chi connectivity index (χ1n) is 10.9. The van der Waals surface area contributed by atoms with Crippen molar-refractivity contribution in [1.82, 2.24) is 4.90 Å². The van der Waals surface area contributed by atoms with E-state index < -0.39 is 17.3 Å². The van der Waals surface area contributed by atoms with E-state index in [0.717, 1.165) is 29.7 Å². The molecule has 2 amide bonds. The summed E-state index contributed by atoms with van der Waals surface area (Å²) in [4.78, 5) is 26.7. The van der Waals surface area contributed by atoms with Crippen LogP contribution in [-0.2, 0) is 15.1 Å². The molecule has 6 heteroatoms. The number of ether oxygens (including phenoxy) is 2. The number of amides is 2. The maximum Gasteiger partial charge on any atom is 0.412 e. The lowest BCUT2D eigenvalue weighted by molar-refractivity contribution is 0.00321. The van der Waals surface area contributed by atoms with Crippen LogP contribution in [0.25, 0.3) is 0 Å². The number of fused-ring (bicyclic) bond motifs is 1. The van der Waals surface area contributed by atoms with Crippen molar-refractivity contribution >= 4 is 17.9 Å². The van der Waals surface area contributed by atoms with Crippen molar-refractivity contribution in [3.8, 4) is 0 Å². The predicted molar refractivity (Wildman–Crippen MR) is 119 cm³/mol. The summed E-state index contributed by atoms with van der Waals surface area (Å²) in [6.45, 7) is 6.91. The van der Waals surface area contributed by atoms with Crippen LogP contribution in [-0.4, -0.2) is 35.8 Å². The number of hydrogen-bond donors (Lipinski definition) is 1.